The topological polar surface area (TPSA) is 53.4 Å². The molecule has 0 atom stereocenters. The summed E-state index contributed by atoms with van der Waals surface area (Å²) in [5.41, 5.74) is 4.66. The van der Waals surface area contributed by atoms with Crippen LogP contribution in [-0.2, 0) is 17.9 Å². The van der Waals surface area contributed by atoms with E-state index in [2.05, 4.69) is 46.6 Å². The van der Waals surface area contributed by atoms with E-state index in [1.54, 1.807) is 0 Å². The lowest BCUT2D eigenvalue weighted by Gasteiger charge is -2.34. The minimum absolute atomic E-state index is 0.143. The quantitative estimate of drug-likeness (QED) is 0.619. The molecule has 6 nitrogen and oxygen atoms in total. The molecule has 1 N–H and O–H groups in total. The number of halogens is 1. The monoisotopic (exact) mass is 431 g/mol. The van der Waals surface area contributed by atoms with E-state index in [1.807, 2.05) is 18.2 Å². The molecule has 1 fully saturated rings. The van der Waals surface area contributed by atoms with E-state index in [1.165, 1.54) is 11.3 Å². The van der Waals surface area contributed by atoms with Crippen molar-refractivity contribution in [2.45, 2.75) is 46.7 Å². The summed E-state index contributed by atoms with van der Waals surface area (Å²) in [7, 11) is 0. The van der Waals surface area contributed by atoms with Crippen molar-refractivity contribution in [1.29, 1.82) is 0 Å². The van der Waals surface area contributed by atoms with Crippen molar-refractivity contribution < 1.29 is 4.79 Å². The number of piperazine rings is 1. The van der Waals surface area contributed by atoms with E-state index in [-0.39, 0.29) is 5.91 Å². The fourth-order valence-electron chi connectivity index (χ4n) is 3.90. The Labute approximate surface area is 185 Å². The molecule has 3 rings (SSSR count). The zero-order valence-corrected chi connectivity index (χ0v) is 19.2. The van der Waals surface area contributed by atoms with E-state index in [0.29, 0.717) is 13.1 Å². The van der Waals surface area contributed by atoms with Crippen LogP contribution < -0.4 is 5.32 Å². The van der Waals surface area contributed by atoms with Crippen LogP contribution in [0.3, 0.4) is 0 Å². The second-order valence-corrected chi connectivity index (χ2v) is 8.56. The first-order valence-electron chi connectivity index (χ1n) is 11.0. The van der Waals surface area contributed by atoms with E-state index in [0.717, 1.165) is 68.4 Å². The Morgan fingerprint density at radius 1 is 1.10 bits per heavy atom. The smallest absolute Gasteiger partial charge is 0.234 e. The van der Waals surface area contributed by atoms with Crippen molar-refractivity contribution in [3.05, 3.63) is 51.8 Å². The maximum atomic E-state index is 12.0. The van der Waals surface area contributed by atoms with Gasteiger partial charge in [-0.15, -0.1) is 0 Å². The number of aromatic nitrogens is 2. The molecule has 1 amide bonds. The number of nitrogens with zero attached hydrogens (tertiary/aromatic N) is 4. The van der Waals surface area contributed by atoms with E-state index >= 15 is 0 Å². The molecule has 1 aliphatic rings. The summed E-state index contributed by atoms with van der Waals surface area (Å²) in [4.78, 5) is 16.7. The lowest BCUT2D eigenvalue weighted by Crippen LogP contribution is -2.49. The fraction of sp³-hybridized carbons (Fsp3) is 0.565. The van der Waals surface area contributed by atoms with Crippen LogP contribution in [0, 0.1) is 13.8 Å². The molecule has 1 saturated heterocycles. The summed E-state index contributed by atoms with van der Waals surface area (Å²) in [5, 5.41) is 8.56. The molecular formula is C23H34ClN5O. The Kier molecular flexibility index (Phi) is 8.31. The van der Waals surface area contributed by atoms with Crippen LogP contribution in [0.2, 0.25) is 5.02 Å². The highest BCUT2D eigenvalue weighted by molar-refractivity contribution is 6.31. The van der Waals surface area contributed by atoms with Crippen LogP contribution >= 0.6 is 11.6 Å². The molecule has 1 aliphatic heterocycles. The van der Waals surface area contributed by atoms with Crippen molar-refractivity contribution in [2.24, 2.45) is 0 Å². The number of aryl methyl sites for hydroxylation is 1. The lowest BCUT2D eigenvalue weighted by atomic mass is 10.1. The third kappa shape index (κ3) is 6.06. The molecule has 0 radical (unpaired) electrons. The first kappa shape index (κ1) is 22.8. The first-order valence-corrected chi connectivity index (χ1v) is 11.3. The second kappa shape index (κ2) is 10.9. The predicted octanol–water partition coefficient (Wildman–Crippen LogP) is 3.24. The predicted molar refractivity (Wildman–Crippen MR) is 122 cm³/mol. The number of hydrogen-bond acceptors (Lipinski definition) is 4. The maximum Gasteiger partial charge on any atom is 0.234 e. The van der Waals surface area contributed by atoms with Crippen molar-refractivity contribution in [3.63, 3.8) is 0 Å². The van der Waals surface area contributed by atoms with Gasteiger partial charge in [0.05, 0.1) is 18.8 Å². The Morgan fingerprint density at radius 3 is 2.50 bits per heavy atom. The van der Waals surface area contributed by atoms with Crippen LogP contribution in [0.5, 0.6) is 0 Å². The Hall–Kier alpha value is -1.89. The van der Waals surface area contributed by atoms with Gasteiger partial charge in [0.1, 0.15) is 0 Å². The molecule has 0 unspecified atom stereocenters. The molecule has 30 heavy (non-hydrogen) atoms. The molecule has 2 heterocycles. The highest BCUT2D eigenvalue weighted by atomic mass is 35.5. The molecule has 2 aromatic rings. The third-order valence-electron chi connectivity index (χ3n) is 5.88. The standard InChI is InChI=1S/C23H34ClN5O/c1-4-5-10-25-23(30)17-28-13-11-27(12-14-28)16-21-18(2)26-29(19(21)3)15-20-8-6-7-9-22(20)24/h6-9H,4-5,10-17H2,1-3H3,(H,25,30). The Balaban J connectivity index is 1.52. The fourth-order valence-corrected chi connectivity index (χ4v) is 4.09. The van der Waals surface area contributed by atoms with Gasteiger partial charge in [0.25, 0.3) is 0 Å². The number of unbranched alkanes of at least 4 members (excludes halogenated alkanes) is 1. The van der Waals surface area contributed by atoms with Crippen LogP contribution in [0.4, 0.5) is 0 Å². The van der Waals surface area contributed by atoms with Gasteiger partial charge in [-0.05, 0) is 31.9 Å². The minimum atomic E-state index is 0.143. The molecule has 7 heteroatoms. The summed E-state index contributed by atoms with van der Waals surface area (Å²) in [6, 6.07) is 7.94. The van der Waals surface area contributed by atoms with Crippen molar-refractivity contribution >= 4 is 17.5 Å². The molecule has 0 saturated carbocycles. The SMILES string of the molecule is CCCCNC(=O)CN1CCN(Cc2c(C)nn(Cc3ccccc3Cl)c2C)CC1. The largest absolute Gasteiger partial charge is 0.355 e. The van der Waals surface area contributed by atoms with Gasteiger partial charge in [0.2, 0.25) is 5.91 Å². The van der Waals surface area contributed by atoms with Crippen LogP contribution in [0.1, 0.15) is 42.3 Å². The zero-order chi connectivity index (χ0) is 21.5. The van der Waals surface area contributed by atoms with Gasteiger partial charge in [-0.3, -0.25) is 19.3 Å². The number of carbonyl (C=O) groups is 1. The van der Waals surface area contributed by atoms with Gasteiger partial charge in [0, 0.05) is 55.5 Å². The summed E-state index contributed by atoms with van der Waals surface area (Å²) in [5.74, 6) is 0.143. The molecule has 1 aromatic heterocycles. The molecular weight excluding hydrogens is 398 g/mol. The first-order chi connectivity index (χ1) is 14.5. The van der Waals surface area contributed by atoms with Gasteiger partial charge in [-0.2, -0.15) is 5.10 Å². The maximum absolute atomic E-state index is 12.0. The Morgan fingerprint density at radius 2 is 1.80 bits per heavy atom. The summed E-state index contributed by atoms with van der Waals surface area (Å²) in [6.07, 6.45) is 2.15. The molecule has 0 spiro atoms. The van der Waals surface area contributed by atoms with Gasteiger partial charge in [-0.1, -0.05) is 43.1 Å². The highest BCUT2D eigenvalue weighted by Gasteiger charge is 2.21. The summed E-state index contributed by atoms with van der Waals surface area (Å²) >= 11 is 6.33. The second-order valence-electron chi connectivity index (χ2n) is 8.15. The number of rotatable bonds is 9. The Bertz CT molecular complexity index is 842. The van der Waals surface area contributed by atoms with Crippen molar-refractivity contribution in [3.8, 4) is 0 Å². The van der Waals surface area contributed by atoms with Crippen LogP contribution in [-0.4, -0.2) is 64.8 Å². The van der Waals surface area contributed by atoms with E-state index in [4.69, 9.17) is 16.7 Å². The highest BCUT2D eigenvalue weighted by Crippen LogP contribution is 2.21. The van der Waals surface area contributed by atoms with Crippen molar-refractivity contribution in [2.75, 3.05) is 39.3 Å². The lowest BCUT2D eigenvalue weighted by molar-refractivity contribution is -0.122. The molecule has 164 valence electrons. The van der Waals surface area contributed by atoms with Gasteiger partial charge >= 0.3 is 0 Å². The number of benzene rings is 1. The average molecular weight is 432 g/mol. The number of hydrogen-bond donors (Lipinski definition) is 1. The average Bonchev–Trinajstić information content (AvgIpc) is 2.99. The summed E-state index contributed by atoms with van der Waals surface area (Å²) < 4.78 is 2.06. The van der Waals surface area contributed by atoms with Crippen LogP contribution in [0.25, 0.3) is 0 Å². The summed E-state index contributed by atoms with van der Waals surface area (Å²) in [6.45, 7) is 13.0. The van der Waals surface area contributed by atoms with Crippen LogP contribution in [0.15, 0.2) is 24.3 Å². The van der Waals surface area contributed by atoms with Gasteiger partial charge in [0.15, 0.2) is 0 Å². The van der Waals surface area contributed by atoms with E-state index < -0.39 is 0 Å². The molecule has 0 bridgehead atoms. The zero-order valence-electron chi connectivity index (χ0n) is 18.5. The van der Waals surface area contributed by atoms with Gasteiger partial charge < -0.3 is 5.32 Å². The molecule has 1 aromatic carbocycles. The number of amides is 1. The third-order valence-corrected chi connectivity index (χ3v) is 6.24. The van der Waals surface area contributed by atoms with Crippen molar-refractivity contribution in [1.82, 2.24) is 24.9 Å². The number of nitrogens with one attached hydrogen (secondary N) is 1. The van der Waals surface area contributed by atoms with E-state index in [9.17, 15) is 4.79 Å². The van der Waals surface area contributed by atoms with Gasteiger partial charge in [-0.25, -0.2) is 0 Å². The normalized spacial score (nSPS) is 15.5. The molecule has 0 aliphatic carbocycles. The minimum Gasteiger partial charge on any atom is -0.355 e. The number of carbonyl (C=O) groups excluding carboxylic acids is 1.